The first-order valence-corrected chi connectivity index (χ1v) is 7.64. The standard InChI is InChI=1S/C18H23NO/c1-13(19-12-17-7-4-8-18(17)20)15-10-9-14-5-2-3-6-16(14)11-15/h2-3,5-6,9-11,13,17-20H,4,7-8,12H2,1H3. The third-order valence-electron chi connectivity index (χ3n) is 4.58. The van der Waals surface area contributed by atoms with E-state index in [4.69, 9.17) is 0 Å². The van der Waals surface area contributed by atoms with Crippen LogP contribution in [0.1, 0.15) is 37.8 Å². The maximum Gasteiger partial charge on any atom is 0.0580 e. The van der Waals surface area contributed by atoms with E-state index in [2.05, 4.69) is 54.7 Å². The molecule has 0 aromatic heterocycles. The van der Waals surface area contributed by atoms with E-state index in [9.17, 15) is 5.11 Å². The summed E-state index contributed by atoms with van der Waals surface area (Å²) in [5.41, 5.74) is 1.32. The van der Waals surface area contributed by atoms with Crippen LogP contribution in [0.15, 0.2) is 42.5 Å². The number of hydrogen-bond donors (Lipinski definition) is 2. The maximum absolute atomic E-state index is 9.87. The average Bonchev–Trinajstić information content (AvgIpc) is 2.89. The fourth-order valence-electron chi connectivity index (χ4n) is 3.18. The van der Waals surface area contributed by atoms with Crippen LogP contribution >= 0.6 is 0 Å². The fraction of sp³-hybridized carbons (Fsp3) is 0.444. The number of aliphatic hydroxyl groups excluding tert-OH is 1. The molecule has 3 atom stereocenters. The molecule has 0 aliphatic heterocycles. The van der Waals surface area contributed by atoms with Gasteiger partial charge in [-0.3, -0.25) is 0 Å². The van der Waals surface area contributed by atoms with Crippen LogP contribution in [0.2, 0.25) is 0 Å². The molecule has 1 fully saturated rings. The number of fused-ring (bicyclic) bond motifs is 1. The van der Waals surface area contributed by atoms with E-state index >= 15 is 0 Å². The highest BCUT2D eigenvalue weighted by atomic mass is 16.3. The molecule has 1 saturated carbocycles. The van der Waals surface area contributed by atoms with Crippen LogP contribution in [-0.4, -0.2) is 17.8 Å². The Morgan fingerprint density at radius 1 is 1.15 bits per heavy atom. The molecule has 3 unspecified atom stereocenters. The van der Waals surface area contributed by atoms with Crippen molar-refractivity contribution < 1.29 is 5.11 Å². The summed E-state index contributed by atoms with van der Waals surface area (Å²) in [6.07, 6.45) is 3.18. The first kappa shape index (κ1) is 13.6. The second-order valence-electron chi connectivity index (χ2n) is 5.99. The molecular weight excluding hydrogens is 246 g/mol. The molecule has 0 radical (unpaired) electrons. The van der Waals surface area contributed by atoms with Gasteiger partial charge < -0.3 is 10.4 Å². The molecule has 2 aromatic rings. The average molecular weight is 269 g/mol. The smallest absolute Gasteiger partial charge is 0.0580 e. The Hall–Kier alpha value is -1.38. The Morgan fingerprint density at radius 2 is 1.95 bits per heavy atom. The monoisotopic (exact) mass is 269 g/mol. The summed E-state index contributed by atoms with van der Waals surface area (Å²) < 4.78 is 0. The molecule has 0 saturated heterocycles. The Morgan fingerprint density at radius 3 is 2.70 bits per heavy atom. The molecule has 0 bridgehead atoms. The predicted molar refractivity (Wildman–Crippen MR) is 83.7 cm³/mol. The van der Waals surface area contributed by atoms with Gasteiger partial charge in [0.25, 0.3) is 0 Å². The summed E-state index contributed by atoms with van der Waals surface area (Å²) in [4.78, 5) is 0. The molecular formula is C18H23NO. The summed E-state index contributed by atoms with van der Waals surface area (Å²) in [7, 11) is 0. The van der Waals surface area contributed by atoms with Gasteiger partial charge in [-0.05, 0) is 48.1 Å². The van der Waals surface area contributed by atoms with Gasteiger partial charge in [0.05, 0.1) is 6.10 Å². The van der Waals surface area contributed by atoms with Gasteiger partial charge in [-0.2, -0.15) is 0 Å². The van der Waals surface area contributed by atoms with E-state index in [-0.39, 0.29) is 6.10 Å². The molecule has 2 nitrogen and oxygen atoms in total. The SMILES string of the molecule is CC(NCC1CCCC1O)c1ccc2ccccc2c1. The van der Waals surface area contributed by atoms with Crippen molar-refractivity contribution in [2.45, 2.75) is 38.3 Å². The third-order valence-corrected chi connectivity index (χ3v) is 4.58. The van der Waals surface area contributed by atoms with E-state index in [1.165, 1.54) is 16.3 Å². The van der Waals surface area contributed by atoms with Crippen LogP contribution < -0.4 is 5.32 Å². The quantitative estimate of drug-likeness (QED) is 0.888. The van der Waals surface area contributed by atoms with Crippen LogP contribution in [-0.2, 0) is 0 Å². The minimum Gasteiger partial charge on any atom is -0.393 e. The lowest BCUT2D eigenvalue weighted by molar-refractivity contribution is 0.130. The van der Waals surface area contributed by atoms with Crippen molar-refractivity contribution in [3.8, 4) is 0 Å². The normalized spacial score (nSPS) is 24.1. The molecule has 106 valence electrons. The van der Waals surface area contributed by atoms with Gasteiger partial charge in [0.1, 0.15) is 0 Å². The Balaban J connectivity index is 1.67. The molecule has 0 amide bonds. The first-order valence-electron chi connectivity index (χ1n) is 7.64. The van der Waals surface area contributed by atoms with Crippen molar-refractivity contribution in [3.63, 3.8) is 0 Å². The molecule has 0 heterocycles. The van der Waals surface area contributed by atoms with Crippen LogP contribution in [0, 0.1) is 5.92 Å². The summed E-state index contributed by atoms with van der Waals surface area (Å²) in [5, 5.41) is 16.0. The summed E-state index contributed by atoms with van der Waals surface area (Å²) in [5.74, 6) is 0.429. The van der Waals surface area contributed by atoms with Gasteiger partial charge in [-0.1, -0.05) is 42.8 Å². The summed E-state index contributed by atoms with van der Waals surface area (Å²) in [6.45, 7) is 3.11. The zero-order chi connectivity index (χ0) is 13.9. The molecule has 1 aliphatic rings. The van der Waals surface area contributed by atoms with Crippen molar-refractivity contribution in [2.24, 2.45) is 5.92 Å². The van der Waals surface area contributed by atoms with E-state index in [1.807, 2.05) is 0 Å². The molecule has 1 aliphatic carbocycles. The van der Waals surface area contributed by atoms with Crippen LogP contribution in [0.25, 0.3) is 10.8 Å². The predicted octanol–water partition coefficient (Wildman–Crippen LogP) is 3.65. The lowest BCUT2D eigenvalue weighted by Gasteiger charge is -2.20. The Bertz CT molecular complexity index is 580. The first-order chi connectivity index (χ1) is 9.74. The summed E-state index contributed by atoms with van der Waals surface area (Å²) in [6, 6.07) is 15.4. The second-order valence-corrected chi connectivity index (χ2v) is 5.99. The zero-order valence-electron chi connectivity index (χ0n) is 12.0. The highest BCUT2D eigenvalue weighted by molar-refractivity contribution is 5.83. The number of aliphatic hydroxyl groups is 1. The van der Waals surface area contributed by atoms with Gasteiger partial charge in [0, 0.05) is 12.6 Å². The van der Waals surface area contributed by atoms with Gasteiger partial charge in [0.2, 0.25) is 0 Å². The molecule has 3 rings (SSSR count). The molecule has 0 spiro atoms. The van der Waals surface area contributed by atoms with Gasteiger partial charge in [-0.25, -0.2) is 0 Å². The lowest BCUT2D eigenvalue weighted by Crippen LogP contribution is -2.29. The molecule has 20 heavy (non-hydrogen) atoms. The number of hydrogen-bond acceptors (Lipinski definition) is 2. The Kier molecular flexibility index (Phi) is 4.04. The highest BCUT2D eigenvalue weighted by Gasteiger charge is 2.25. The third kappa shape index (κ3) is 2.87. The van der Waals surface area contributed by atoms with Gasteiger partial charge in [0.15, 0.2) is 0 Å². The lowest BCUT2D eigenvalue weighted by atomic mass is 10.0. The van der Waals surface area contributed by atoms with Gasteiger partial charge >= 0.3 is 0 Å². The Labute approximate surface area is 120 Å². The van der Waals surface area contributed by atoms with Gasteiger partial charge in [-0.15, -0.1) is 0 Å². The van der Waals surface area contributed by atoms with Crippen molar-refractivity contribution in [1.29, 1.82) is 0 Å². The summed E-state index contributed by atoms with van der Waals surface area (Å²) >= 11 is 0. The minimum absolute atomic E-state index is 0.105. The van der Waals surface area contributed by atoms with E-state index in [1.54, 1.807) is 0 Å². The highest BCUT2D eigenvalue weighted by Crippen LogP contribution is 2.26. The van der Waals surface area contributed by atoms with Crippen molar-refractivity contribution in [3.05, 3.63) is 48.0 Å². The molecule has 2 heteroatoms. The number of benzene rings is 2. The minimum atomic E-state index is -0.105. The number of nitrogens with one attached hydrogen (secondary N) is 1. The van der Waals surface area contributed by atoms with Crippen molar-refractivity contribution in [2.75, 3.05) is 6.54 Å². The van der Waals surface area contributed by atoms with Crippen molar-refractivity contribution >= 4 is 10.8 Å². The van der Waals surface area contributed by atoms with Crippen LogP contribution in [0.3, 0.4) is 0 Å². The van der Waals surface area contributed by atoms with E-state index in [0.717, 1.165) is 25.8 Å². The number of rotatable bonds is 4. The van der Waals surface area contributed by atoms with Crippen LogP contribution in [0.4, 0.5) is 0 Å². The molecule has 2 N–H and O–H groups in total. The van der Waals surface area contributed by atoms with E-state index < -0.39 is 0 Å². The maximum atomic E-state index is 9.87. The zero-order valence-corrected chi connectivity index (χ0v) is 12.0. The second kappa shape index (κ2) is 5.94. The van der Waals surface area contributed by atoms with E-state index in [0.29, 0.717) is 12.0 Å². The van der Waals surface area contributed by atoms with Crippen LogP contribution in [0.5, 0.6) is 0 Å². The fourth-order valence-corrected chi connectivity index (χ4v) is 3.18. The van der Waals surface area contributed by atoms with Crippen molar-refractivity contribution in [1.82, 2.24) is 5.32 Å². The largest absolute Gasteiger partial charge is 0.393 e. The molecule has 2 aromatic carbocycles. The topological polar surface area (TPSA) is 32.3 Å².